The van der Waals surface area contributed by atoms with Gasteiger partial charge in [0.1, 0.15) is 11.9 Å². The van der Waals surface area contributed by atoms with Crippen LogP contribution in [0.1, 0.15) is 26.2 Å². The quantitative estimate of drug-likeness (QED) is 0.638. The lowest BCUT2D eigenvalue weighted by Crippen LogP contribution is -2.39. The van der Waals surface area contributed by atoms with Crippen molar-refractivity contribution in [3.05, 3.63) is 28.6 Å². The second kappa shape index (κ2) is 7.19. The maximum Gasteiger partial charge on any atom is 0.310 e. The molecule has 2 heterocycles. The second-order valence-corrected chi connectivity index (χ2v) is 5.28. The fourth-order valence-electron chi connectivity index (χ4n) is 2.76. The van der Waals surface area contributed by atoms with Crippen LogP contribution in [0.4, 0.5) is 11.4 Å². The summed E-state index contributed by atoms with van der Waals surface area (Å²) in [6.45, 7) is 5.88. The Hall–Kier alpha value is -1.69. The van der Waals surface area contributed by atoms with Gasteiger partial charge in [-0.2, -0.15) is 0 Å². The summed E-state index contributed by atoms with van der Waals surface area (Å²) in [4.78, 5) is 16.8. The van der Waals surface area contributed by atoms with E-state index in [4.69, 9.17) is 0 Å². The number of hydrogen-bond donors (Lipinski definition) is 1. The molecule has 1 saturated heterocycles. The van der Waals surface area contributed by atoms with E-state index in [9.17, 15) is 10.1 Å². The Labute approximate surface area is 119 Å². The summed E-state index contributed by atoms with van der Waals surface area (Å²) in [5.74, 6) is 0.558. The van der Waals surface area contributed by atoms with E-state index >= 15 is 0 Å². The van der Waals surface area contributed by atoms with E-state index in [1.165, 1.54) is 19.0 Å². The summed E-state index contributed by atoms with van der Waals surface area (Å²) in [6.07, 6.45) is 6.32. The van der Waals surface area contributed by atoms with Crippen LogP contribution in [0.15, 0.2) is 18.5 Å². The molecule has 0 bridgehead atoms. The molecular weight excluding hydrogens is 256 g/mol. The molecule has 1 aliphatic rings. The van der Waals surface area contributed by atoms with Crippen molar-refractivity contribution in [3.8, 4) is 0 Å². The first-order valence-electron chi connectivity index (χ1n) is 7.26. The molecule has 0 saturated carbocycles. The predicted molar refractivity (Wildman–Crippen MR) is 79.0 cm³/mol. The van der Waals surface area contributed by atoms with E-state index in [0.717, 1.165) is 32.6 Å². The average molecular weight is 278 g/mol. The molecule has 0 amide bonds. The molecular formula is C14H22N4O2. The number of anilines is 1. The number of pyridine rings is 1. The van der Waals surface area contributed by atoms with Crippen molar-refractivity contribution in [1.29, 1.82) is 0 Å². The molecule has 1 aromatic heterocycles. The average Bonchev–Trinajstić information content (AvgIpc) is 2.48. The zero-order valence-electron chi connectivity index (χ0n) is 11.9. The van der Waals surface area contributed by atoms with E-state index in [1.54, 1.807) is 12.3 Å². The number of piperidine rings is 1. The minimum atomic E-state index is -0.343. The first kappa shape index (κ1) is 14.7. The lowest BCUT2D eigenvalue weighted by atomic mass is 9.98. The van der Waals surface area contributed by atoms with Crippen LogP contribution in [0.3, 0.4) is 0 Å². The summed E-state index contributed by atoms with van der Waals surface area (Å²) >= 11 is 0. The highest BCUT2D eigenvalue weighted by Gasteiger charge is 2.22. The van der Waals surface area contributed by atoms with Gasteiger partial charge in [0.25, 0.3) is 0 Å². The zero-order chi connectivity index (χ0) is 14.4. The van der Waals surface area contributed by atoms with Crippen LogP contribution < -0.4 is 10.2 Å². The second-order valence-electron chi connectivity index (χ2n) is 5.28. The van der Waals surface area contributed by atoms with Crippen molar-refractivity contribution in [2.24, 2.45) is 5.92 Å². The molecule has 1 aromatic rings. The first-order chi connectivity index (χ1) is 9.72. The molecule has 0 spiro atoms. The minimum Gasteiger partial charge on any atom is -0.366 e. The van der Waals surface area contributed by atoms with Crippen LogP contribution in [0.2, 0.25) is 0 Å². The number of hydrogen-bond acceptors (Lipinski definition) is 5. The topological polar surface area (TPSA) is 71.3 Å². The first-order valence-corrected chi connectivity index (χ1v) is 7.26. The van der Waals surface area contributed by atoms with Crippen LogP contribution in [0.25, 0.3) is 0 Å². The number of nitro groups is 1. The molecule has 6 heteroatoms. The Morgan fingerprint density at radius 3 is 3.10 bits per heavy atom. The van der Waals surface area contributed by atoms with Crippen molar-refractivity contribution in [2.75, 3.05) is 31.1 Å². The summed E-state index contributed by atoms with van der Waals surface area (Å²) in [7, 11) is 0. The van der Waals surface area contributed by atoms with Gasteiger partial charge in [0.15, 0.2) is 0 Å². The predicted octanol–water partition coefficient (Wildman–Crippen LogP) is 2.21. The van der Waals surface area contributed by atoms with Gasteiger partial charge in [0.2, 0.25) is 0 Å². The number of aromatic nitrogens is 1. The number of rotatable bonds is 6. The fraction of sp³-hybridized carbons (Fsp3) is 0.643. The van der Waals surface area contributed by atoms with Gasteiger partial charge in [-0.05, 0) is 44.3 Å². The highest BCUT2D eigenvalue weighted by molar-refractivity contribution is 5.61. The smallest absolute Gasteiger partial charge is 0.310 e. The normalized spacial score (nSPS) is 18.8. The van der Waals surface area contributed by atoms with Crippen molar-refractivity contribution in [1.82, 2.24) is 10.3 Å². The van der Waals surface area contributed by atoms with Gasteiger partial charge in [-0.3, -0.25) is 15.1 Å². The lowest BCUT2D eigenvalue weighted by Gasteiger charge is -2.31. The molecule has 0 radical (unpaired) electrons. The Bertz CT molecular complexity index is 447. The summed E-state index contributed by atoms with van der Waals surface area (Å²) in [5, 5.41) is 14.5. The summed E-state index contributed by atoms with van der Waals surface area (Å²) < 4.78 is 0. The SMILES string of the molecule is CCCN(CC1CCCNC1)c1ccncc1[N+](=O)[O-]. The fourth-order valence-corrected chi connectivity index (χ4v) is 2.76. The van der Waals surface area contributed by atoms with Gasteiger partial charge in [0.05, 0.1) is 4.92 Å². The monoisotopic (exact) mass is 278 g/mol. The van der Waals surface area contributed by atoms with Gasteiger partial charge >= 0.3 is 5.69 Å². The molecule has 6 nitrogen and oxygen atoms in total. The maximum atomic E-state index is 11.1. The van der Waals surface area contributed by atoms with Crippen molar-refractivity contribution >= 4 is 11.4 Å². The molecule has 1 atom stereocenters. The molecule has 20 heavy (non-hydrogen) atoms. The van der Waals surface area contributed by atoms with Crippen molar-refractivity contribution in [3.63, 3.8) is 0 Å². The van der Waals surface area contributed by atoms with Crippen molar-refractivity contribution < 1.29 is 4.92 Å². The third-order valence-electron chi connectivity index (χ3n) is 3.69. The van der Waals surface area contributed by atoms with Crippen LogP contribution in [-0.2, 0) is 0 Å². The highest BCUT2D eigenvalue weighted by atomic mass is 16.6. The summed E-state index contributed by atoms with van der Waals surface area (Å²) in [6, 6.07) is 1.75. The van der Waals surface area contributed by atoms with Crippen molar-refractivity contribution in [2.45, 2.75) is 26.2 Å². The molecule has 1 N–H and O–H groups in total. The lowest BCUT2D eigenvalue weighted by molar-refractivity contribution is -0.384. The molecule has 0 aromatic carbocycles. The third-order valence-corrected chi connectivity index (χ3v) is 3.69. The number of nitrogens with zero attached hydrogens (tertiary/aromatic N) is 3. The van der Waals surface area contributed by atoms with Crippen LogP contribution >= 0.6 is 0 Å². The van der Waals surface area contributed by atoms with Crippen LogP contribution in [0, 0.1) is 16.0 Å². The van der Waals surface area contributed by atoms with Gasteiger partial charge in [0, 0.05) is 19.3 Å². The zero-order valence-corrected chi connectivity index (χ0v) is 11.9. The van der Waals surface area contributed by atoms with E-state index in [1.807, 2.05) is 0 Å². The third kappa shape index (κ3) is 3.66. The molecule has 1 aliphatic heterocycles. The molecule has 2 rings (SSSR count). The largest absolute Gasteiger partial charge is 0.366 e. The Balaban J connectivity index is 2.16. The maximum absolute atomic E-state index is 11.1. The molecule has 110 valence electrons. The minimum absolute atomic E-state index is 0.102. The highest BCUT2D eigenvalue weighted by Crippen LogP contribution is 2.28. The molecule has 1 fully saturated rings. The van der Waals surface area contributed by atoms with E-state index in [-0.39, 0.29) is 10.6 Å². The van der Waals surface area contributed by atoms with Crippen LogP contribution in [0.5, 0.6) is 0 Å². The van der Waals surface area contributed by atoms with E-state index in [2.05, 4.69) is 22.1 Å². The van der Waals surface area contributed by atoms with Gasteiger partial charge in [-0.25, -0.2) is 0 Å². The Morgan fingerprint density at radius 1 is 1.60 bits per heavy atom. The van der Waals surface area contributed by atoms with E-state index < -0.39 is 0 Å². The summed E-state index contributed by atoms with van der Waals surface area (Å²) in [5.41, 5.74) is 0.794. The van der Waals surface area contributed by atoms with Crippen LogP contribution in [-0.4, -0.2) is 36.1 Å². The molecule has 1 unspecified atom stereocenters. The van der Waals surface area contributed by atoms with Gasteiger partial charge in [-0.1, -0.05) is 6.92 Å². The van der Waals surface area contributed by atoms with Gasteiger partial charge < -0.3 is 10.2 Å². The Morgan fingerprint density at radius 2 is 2.45 bits per heavy atom. The standard InChI is InChI=1S/C14H22N4O2/c1-2-8-17(11-12-4-3-6-15-9-12)13-5-7-16-10-14(13)18(19)20/h5,7,10,12,15H,2-4,6,8-9,11H2,1H3. The van der Waals surface area contributed by atoms with Gasteiger partial charge in [-0.15, -0.1) is 0 Å². The molecule has 0 aliphatic carbocycles. The Kier molecular flexibility index (Phi) is 5.29. The number of nitrogens with one attached hydrogen (secondary N) is 1. The van der Waals surface area contributed by atoms with E-state index in [0.29, 0.717) is 11.6 Å².